The number of H-pyrrole nitrogens is 1. The fourth-order valence-electron chi connectivity index (χ4n) is 1.56. The predicted octanol–water partition coefficient (Wildman–Crippen LogP) is 1.45. The van der Waals surface area contributed by atoms with Crippen molar-refractivity contribution in [2.24, 2.45) is 0 Å². The summed E-state index contributed by atoms with van der Waals surface area (Å²) in [5.41, 5.74) is -0.846. The lowest BCUT2D eigenvalue weighted by atomic mass is 10.2. The van der Waals surface area contributed by atoms with Crippen LogP contribution in [0.4, 0.5) is 4.39 Å². The van der Waals surface area contributed by atoms with Gasteiger partial charge in [-0.25, -0.2) is 14.0 Å². The third-order valence-corrected chi connectivity index (χ3v) is 2.71. The van der Waals surface area contributed by atoms with Crippen molar-refractivity contribution in [2.45, 2.75) is 6.92 Å². The summed E-state index contributed by atoms with van der Waals surface area (Å²) in [5.74, 6) is -1.18. The Morgan fingerprint density at radius 1 is 1.53 bits per heavy atom. The smallest absolute Gasteiger partial charge is 0.348 e. The van der Waals surface area contributed by atoms with Crippen molar-refractivity contribution in [3.05, 3.63) is 44.8 Å². The van der Waals surface area contributed by atoms with Crippen LogP contribution in [0.25, 0.3) is 5.69 Å². The number of rotatable bonds is 2. The van der Waals surface area contributed by atoms with Crippen LogP contribution >= 0.6 is 11.6 Å². The second-order valence-electron chi connectivity index (χ2n) is 3.70. The zero-order chi connectivity index (χ0) is 14.2. The van der Waals surface area contributed by atoms with E-state index in [0.29, 0.717) is 5.82 Å². The molecule has 0 fully saturated rings. The van der Waals surface area contributed by atoms with Crippen molar-refractivity contribution in [2.75, 3.05) is 7.11 Å². The lowest BCUT2D eigenvalue weighted by Gasteiger charge is -2.06. The fourth-order valence-corrected chi connectivity index (χ4v) is 1.79. The number of aryl methyl sites for hydroxylation is 1. The number of nitrogens with one attached hydrogen (secondary N) is 1. The van der Waals surface area contributed by atoms with E-state index in [2.05, 4.69) is 14.8 Å². The van der Waals surface area contributed by atoms with Gasteiger partial charge in [-0.15, -0.1) is 0 Å². The van der Waals surface area contributed by atoms with E-state index in [4.69, 9.17) is 11.6 Å². The number of ether oxygens (including phenoxy) is 1. The van der Waals surface area contributed by atoms with Gasteiger partial charge in [-0.3, -0.25) is 4.98 Å². The van der Waals surface area contributed by atoms with Crippen molar-refractivity contribution in [1.82, 2.24) is 14.8 Å². The van der Waals surface area contributed by atoms with Gasteiger partial charge in [-0.05, 0) is 19.1 Å². The molecule has 0 aliphatic carbocycles. The molecule has 0 saturated carbocycles. The minimum absolute atomic E-state index is 0.0480. The third-order valence-electron chi connectivity index (χ3n) is 2.40. The summed E-state index contributed by atoms with van der Waals surface area (Å²) in [6, 6.07) is 2.05. The van der Waals surface area contributed by atoms with Gasteiger partial charge in [0.15, 0.2) is 5.82 Å². The zero-order valence-electron chi connectivity index (χ0n) is 10.0. The molecule has 0 atom stereocenters. The minimum atomic E-state index is -0.772. The topological polar surface area (TPSA) is 77.0 Å². The summed E-state index contributed by atoms with van der Waals surface area (Å²) in [7, 11) is 1.17. The Morgan fingerprint density at radius 2 is 2.21 bits per heavy atom. The molecule has 1 N–H and O–H groups in total. The summed E-state index contributed by atoms with van der Waals surface area (Å²) in [6.07, 6.45) is 0. The van der Waals surface area contributed by atoms with Crippen molar-refractivity contribution in [3.8, 4) is 5.69 Å². The van der Waals surface area contributed by atoms with Gasteiger partial charge < -0.3 is 4.74 Å². The quantitative estimate of drug-likeness (QED) is 0.847. The van der Waals surface area contributed by atoms with Crippen LogP contribution in [-0.2, 0) is 4.74 Å². The summed E-state index contributed by atoms with van der Waals surface area (Å²) in [4.78, 5) is 25.4. The first kappa shape index (κ1) is 13.3. The fraction of sp³-hybridized carbons (Fsp3) is 0.182. The first-order valence-electron chi connectivity index (χ1n) is 5.17. The first-order chi connectivity index (χ1) is 8.93. The maximum absolute atomic E-state index is 13.8. The average Bonchev–Trinajstić information content (AvgIpc) is 2.67. The van der Waals surface area contributed by atoms with Crippen LogP contribution in [0.2, 0.25) is 5.02 Å². The molecule has 2 rings (SSSR count). The van der Waals surface area contributed by atoms with E-state index in [1.165, 1.54) is 7.11 Å². The SMILES string of the molecule is COC(=O)c1cc(-n2nc(C)[nH]c2=O)c(F)cc1Cl. The van der Waals surface area contributed by atoms with E-state index in [0.717, 1.165) is 16.8 Å². The Bertz CT molecular complexity index is 708. The van der Waals surface area contributed by atoms with E-state index < -0.39 is 17.5 Å². The number of methoxy groups -OCH3 is 1. The van der Waals surface area contributed by atoms with Gasteiger partial charge in [0.1, 0.15) is 11.5 Å². The molecule has 2 aromatic rings. The van der Waals surface area contributed by atoms with E-state index in [-0.39, 0.29) is 16.3 Å². The largest absolute Gasteiger partial charge is 0.465 e. The normalized spacial score (nSPS) is 10.5. The van der Waals surface area contributed by atoms with Crippen molar-refractivity contribution < 1.29 is 13.9 Å². The van der Waals surface area contributed by atoms with Gasteiger partial charge in [0.25, 0.3) is 0 Å². The van der Waals surface area contributed by atoms with E-state index in [1.807, 2.05) is 0 Å². The molecule has 8 heteroatoms. The molecule has 0 aliphatic rings. The second-order valence-corrected chi connectivity index (χ2v) is 4.11. The number of hydrogen-bond donors (Lipinski definition) is 1. The monoisotopic (exact) mass is 285 g/mol. The van der Waals surface area contributed by atoms with E-state index >= 15 is 0 Å². The lowest BCUT2D eigenvalue weighted by Crippen LogP contribution is -2.18. The molecule has 0 saturated heterocycles. The summed E-state index contributed by atoms with van der Waals surface area (Å²) < 4.78 is 19.2. The van der Waals surface area contributed by atoms with Gasteiger partial charge in [0.05, 0.1) is 17.7 Å². The molecule has 0 spiro atoms. The molecule has 0 unspecified atom stereocenters. The van der Waals surface area contributed by atoms with Gasteiger partial charge >= 0.3 is 11.7 Å². The second kappa shape index (κ2) is 4.85. The minimum Gasteiger partial charge on any atom is -0.465 e. The number of nitrogens with zero attached hydrogens (tertiary/aromatic N) is 2. The number of carbonyl (C=O) groups is 1. The number of carbonyl (C=O) groups excluding carboxylic acids is 1. The van der Waals surface area contributed by atoms with Crippen LogP contribution in [0.1, 0.15) is 16.2 Å². The molecule has 19 heavy (non-hydrogen) atoms. The first-order valence-corrected chi connectivity index (χ1v) is 5.55. The van der Waals surface area contributed by atoms with Crippen LogP contribution in [0.15, 0.2) is 16.9 Å². The number of benzene rings is 1. The van der Waals surface area contributed by atoms with Gasteiger partial charge in [-0.1, -0.05) is 11.6 Å². The molecule has 100 valence electrons. The van der Waals surface area contributed by atoms with Crippen LogP contribution in [0, 0.1) is 12.7 Å². The Morgan fingerprint density at radius 3 is 2.74 bits per heavy atom. The average molecular weight is 286 g/mol. The summed E-state index contributed by atoms with van der Waals surface area (Å²) >= 11 is 5.75. The van der Waals surface area contributed by atoms with Crippen molar-refractivity contribution in [1.29, 1.82) is 0 Å². The van der Waals surface area contributed by atoms with Crippen LogP contribution in [0.5, 0.6) is 0 Å². The van der Waals surface area contributed by atoms with Crippen molar-refractivity contribution >= 4 is 17.6 Å². The van der Waals surface area contributed by atoms with E-state index in [9.17, 15) is 14.0 Å². The van der Waals surface area contributed by atoms with Crippen LogP contribution < -0.4 is 5.69 Å². The number of esters is 1. The molecule has 1 aromatic carbocycles. The predicted molar refractivity (Wildman–Crippen MR) is 65.2 cm³/mol. The zero-order valence-corrected chi connectivity index (χ0v) is 10.8. The highest BCUT2D eigenvalue weighted by Gasteiger charge is 2.18. The maximum atomic E-state index is 13.8. The third kappa shape index (κ3) is 2.37. The van der Waals surface area contributed by atoms with E-state index in [1.54, 1.807) is 6.92 Å². The Kier molecular flexibility index (Phi) is 3.39. The molecule has 0 aliphatic heterocycles. The molecule has 0 amide bonds. The maximum Gasteiger partial charge on any atom is 0.348 e. The Hall–Kier alpha value is -2.15. The van der Waals surface area contributed by atoms with Gasteiger partial charge in [-0.2, -0.15) is 9.78 Å². The molecular weight excluding hydrogens is 277 g/mol. The molecular formula is C11H9ClFN3O3. The molecule has 0 radical (unpaired) electrons. The van der Waals surface area contributed by atoms with Crippen LogP contribution in [-0.4, -0.2) is 27.8 Å². The van der Waals surface area contributed by atoms with Crippen LogP contribution in [0.3, 0.4) is 0 Å². The summed E-state index contributed by atoms with van der Waals surface area (Å²) in [6.45, 7) is 1.55. The standard InChI is InChI=1S/C11H9ClFN3O3/c1-5-14-11(18)16(15-5)9-3-6(10(17)19-2)7(12)4-8(9)13/h3-4H,1-2H3,(H,14,15,18). The number of aromatic nitrogens is 3. The highest BCUT2D eigenvalue weighted by atomic mass is 35.5. The van der Waals surface area contributed by atoms with Crippen molar-refractivity contribution in [3.63, 3.8) is 0 Å². The Labute approximate surface area is 111 Å². The van der Waals surface area contributed by atoms with Gasteiger partial charge in [0, 0.05) is 0 Å². The highest BCUT2D eigenvalue weighted by Crippen LogP contribution is 2.23. The molecule has 1 aromatic heterocycles. The molecule has 1 heterocycles. The number of aromatic amines is 1. The van der Waals surface area contributed by atoms with Gasteiger partial charge in [0.2, 0.25) is 0 Å². The number of hydrogen-bond acceptors (Lipinski definition) is 4. The number of halogens is 2. The summed E-state index contributed by atoms with van der Waals surface area (Å²) in [5, 5.41) is 3.71. The highest BCUT2D eigenvalue weighted by molar-refractivity contribution is 6.33. The lowest BCUT2D eigenvalue weighted by molar-refractivity contribution is 0.0601. The molecule has 6 nitrogen and oxygen atoms in total. The Balaban J connectivity index is 2.67. The molecule has 0 bridgehead atoms.